The molecule has 3 heterocycles. The molecule has 7 heteroatoms. The number of aryl methyl sites for hydroxylation is 1. The number of halogens is 1. The van der Waals surface area contributed by atoms with Crippen LogP contribution >= 0.6 is 0 Å². The number of benzene rings is 1. The molecular weight excluding hydrogens is 335 g/mol. The molecule has 0 aliphatic carbocycles. The highest BCUT2D eigenvalue weighted by Gasteiger charge is 2.32. The molecule has 2 aromatic heterocycles. The van der Waals surface area contributed by atoms with Crippen molar-refractivity contribution >= 4 is 10.9 Å². The topological polar surface area (TPSA) is 85.0 Å². The maximum Gasteiger partial charge on any atom is 0.189 e. The van der Waals surface area contributed by atoms with Crippen molar-refractivity contribution in [1.29, 1.82) is 0 Å². The Morgan fingerprint density at radius 3 is 2.96 bits per heavy atom. The Bertz CT molecular complexity index is 997. The van der Waals surface area contributed by atoms with Crippen LogP contribution in [0.2, 0.25) is 0 Å². The summed E-state index contributed by atoms with van der Waals surface area (Å²) in [6.45, 7) is 3.63. The quantitative estimate of drug-likeness (QED) is 0.665. The van der Waals surface area contributed by atoms with Crippen LogP contribution in [0.3, 0.4) is 0 Å². The second-order valence-corrected chi connectivity index (χ2v) is 7.09. The summed E-state index contributed by atoms with van der Waals surface area (Å²) in [5.41, 5.74) is 2.63. The minimum absolute atomic E-state index is 0.0848. The fraction of sp³-hybridized carbons (Fsp3) is 0.368. The Morgan fingerprint density at radius 2 is 2.19 bits per heavy atom. The van der Waals surface area contributed by atoms with Crippen molar-refractivity contribution in [3.63, 3.8) is 0 Å². The number of rotatable bonds is 4. The Morgan fingerprint density at radius 1 is 1.35 bits per heavy atom. The minimum Gasteiger partial charge on any atom is -0.391 e. The van der Waals surface area contributed by atoms with Crippen LogP contribution in [-0.2, 0) is 13.0 Å². The molecular formula is C19H21FN4O2. The SMILES string of the molecule is Cc1cc(C[C@@H]2CN(Cc3cc(=O)c4cccc(F)c4[nH]3)C[C@H]2O)n[nH]1. The first-order valence-electron chi connectivity index (χ1n) is 8.71. The van der Waals surface area contributed by atoms with Crippen LogP contribution in [0.25, 0.3) is 10.9 Å². The van der Waals surface area contributed by atoms with Crippen LogP contribution in [0.4, 0.5) is 4.39 Å². The molecule has 0 bridgehead atoms. The van der Waals surface area contributed by atoms with Crippen molar-refractivity contribution in [2.24, 2.45) is 5.92 Å². The molecule has 0 spiro atoms. The molecule has 1 aliphatic heterocycles. The fourth-order valence-corrected chi connectivity index (χ4v) is 3.73. The third-order valence-corrected chi connectivity index (χ3v) is 4.98. The molecule has 136 valence electrons. The zero-order valence-electron chi connectivity index (χ0n) is 14.5. The van der Waals surface area contributed by atoms with E-state index in [0.29, 0.717) is 37.1 Å². The number of nitrogens with zero attached hydrogens (tertiary/aromatic N) is 2. The predicted octanol–water partition coefficient (Wildman–Crippen LogP) is 1.73. The van der Waals surface area contributed by atoms with E-state index in [-0.39, 0.29) is 16.9 Å². The molecule has 0 saturated carbocycles. The van der Waals surface area contributed by atoms with E-state index in [4.69, 9.17) is 0 Å². The maximum absolute atomic E-state index is 14.0. The normalized spacial score (nSPS) is 20.9. The number of likely N-dealkylation sites (tertiary alicyclic amines) is 1. The van der Waals surface area contributed by atoms with Gasteiger partial charge in [-0.2, -0.15) is 5.10 Å². The molecule has 1 aliphatic rings. The van der Waals surface area contributed by atoms with Gasteiger partial charge in [-0.15, -0.1) is 0 Å². The summed E-state index contributed by atoms with van der Waals surface area (Å²) in [5.74, 6) is -0.351. The van der Waals surface area contributed by atoms with Crippen LogP contribution in [0.15, 0.2) is 35.1 Å². The number of aromatic amines is 2. The smallest absolute Gasteiger partial charge is 0.189 e. The number of aromatic nitrogens is 3. The average Bonchev–Trinajstić information content (AvgIpc) is 3.15. The average molecular weight is 356 g/mol. The van der Waals surface area contributed by atoms with Gasteiger partial charge in [-0.05, 0) is 31.5 Å². The number of aliphatic hydroxyl groups is 1. The van der Waals surface area contributed by atoms with Gasteiger partial charge in [0.25, 0.3) is 0 Å². The molecule has 6 nitrogen and oxygen atoms in total. The van der Waals surface area contributed by atoms with Crippen LogP contribution in [0, 0.1) is 18.7 Å². The van der Waals surface area contributed by atoms with Gasteiger partial charge >= 0.3 is 0 Å². The van der Waals surface area contributed by atoms with Gasteiger partial charge in [-0.1, -0.05) is 6.07 Å². The number of H-pyrrole nitrogens is 2. The van der Waals surface area contributed by atoms with E-state index < -0.39 is 11.9 Å². The Hall–Kier alpha value is -2.51. The number of β-amino-alcohol motifs (C(OH)–C–C–N with tert-alkyl or cyclic N) is 1. The Labute approximate surface area is 149 Å². The lowest BCUT2D eigenvalue weighted by Crippen LogP contribution is -2.23. The van der Waals surface area contributed by atoms with Gasteiger partial charge in [0, 0.05) is 48.4 Å². The zero-order chi connectivity index (χ0) is 18.3. The third kappa shape index (κ3) is 3.27. The summed E-state index contributed by atoms with van der Waals surface area (Å²) in [6, 6.07) is 7.98. The molecule has 2 atom stereocenters. The number of fused-ring (bicyclic) bond motifs is 1. The third-order valence-electron chi connectivity index (χ3n) is 4.98. The molecule has 1 aromatic carbocycles. The first-order valence-corrected chi connectivity index (χ1v) is 8.71. The van der Waals surface area contributed by atoms with Gasteiger partial charge in [-0.3, -0.25) is 14.8 Å². The van der Waals surface area contributed by atoms with Crippen molar-refractivity contribution in [2.75, 3.05) is 13.1 Å². The lowest BCUT2D eigenvalue weighted by molar-refractivity contribution is 0.140. The first kappa shape index (κ1) is 16.9. The first-order chi connectivity index (χ1) is 12.5. The molecule has 0 unspecified atom stereocenters. The number of para-hydroxylation sites is 1. The van der Waals surface area contributed by atoms with Gasteiger partial charge in [0.05, 0.1) is 17.3 Å². The monoisotopic (exact) mass is 356 g/mol. The van der Waals surface area contributed by atoms with Gasteiger partial charge in [0.2, 0.25) is 0 Å². The predicted molar refractivity (Wildman–Crippen MR) is 96.3 cm³/mol. The zero-order valence-corrected chi connectivity index (χ0v) is 14.5. The summed E-state index contributed by atoms with van der Waals surface area (Å²) in [4.78, 5) is 17.3. The largest absolute Gasteiger partial charge is 0.391 e. The van der Waals surface area contributed by atoms with Crippen LogP contribution < -0.4 is 5.43 Å². The summed E-state index contributed by atoms with van der Waals surface area (Å²) in [7, 11) is 0. The molecule has 3 N–H and O–H groups in total. The van der Waals surface area contributed by atoms with E-state index in [1.165, 1.54) is 18.2 Å². The highest BCUT2D eigenvalue weighted by Crippen LogP contribution is 2.23. The van der Waals surface area contributed by atoms with Gasteiger partial charge in [0.1, 0.15) is 5.82 Å². The fourth-order valence-electron chi connectivity index (χ4n) is 3.73. The Kier molecular flexibility index (Phi) is 4.34. The molecule has 0 radical (unpaired) electrons. The van der Waals surface area contributed by atoms with Crippen molar-refractivity contribution in [3.05, 3.63) is 63.5 Å². The summed E-state index contributed by atoms with van der Waals surface area (Å²) in [5, 5.41) is 17.9. The summed E-state index contributed by atoms with van der Waals surface area (Å²) < 4.78 is 14.0. The molecule has 26 heavy (non-hydrogen) atoms. The second kappa shape index (κ2) is 6.66. The van der Waals surface area contributed by atoms with Gasteiger partial charge in [0.15, 0.2) is 5.43 Å². The van der Waals surface area contributed by atoms with Crippen LogP contribution in [0.1, 0.15) is 17.1 Å². The molecule has 1 saturated heterocycles. The second-order valence-electron chi connectivity index (χ2n) is 7.09. The maximum atomic E-state index is 14.0. The molecule has 0 amide bonds. The van der Waals surface area contributed by atoms with Crippen molar-refractivity contribution in [3.8, 4) is 0 Å². The number of nitrogens with one attached hydrogen (secondary N) is 2. The van der Waals surface area contributed by atoms with Crippen molar-refractivity contribution in [1.82, 2.24) is 20.1 Å². The molecule has 1 fully saturated rings. The van der Waals surface area contributed by atoms with E-state index in [1.807, 2.05) is 13.0 Å². The van der Waals surface area contributed by atoms with E-state index in [2.05, 4.69) is 20.1 Å². The van der Waals surface area contributed by atoms with E-state index in [0.717, 1.165) is 11.4 Å². The summed E-state index contributed by atoms with van der Waals surface area (Å²) >= 11 is 0. The van der Waals surface area contributed by atoms with E-state index in [1.54, 1.807) is 6.07 Å². The van der Waals surface area contributed by atoms with Crippen molar-refractivity contribution in [2.45, 2.75) is 26.0 Å². The number of hydrogen-bond acceptors (Lipinski definition) is 4. The molecule has 4 rings (SSSR count). The molecule has 3 aromatic rings. The lowest BCUT2D eigenvalue weighted by atomic mass is 10.0. The van der Waals surface area contributed by atoms with Gasteiger partial charge in [-0.25, -0.2) is 4.39 Å². The number of pyridine rings is 1. The lowest BCUT2D eigenvalue weighted by Gasteiger charge is -2.15. The number of hydrogen-bond donors (Lipinski definition) is 3. The van der Waals surface area contributed by atoms with Crippen molar-refractivity contribution < 1.29 is 9.50 Å². The van der Waals surface area contributed by atoms with Crippen LogP contribution in [-0.4, -0.2) is 44.4 Å². The highest BCUT2D eigenvalue weighted by molar-refractivity contribution is 5.78. The Balaban J connectivity index is 1.50. The standard InChI is InChI=1S/C19H21FN4O2/c1-11-5-13(23-22-11)6-12-8-24(10-18(12)26)9-14-7-17(25)15-3-2-4-16(20)19(15)21-14/h2-5,7,12,18,26H,6,8-10H2,1H3,(H,21,25)(H,22,23)/t12-,18-/m1/s1. The number of aliphatic hydroxyl groups excluding tert-OH is 1. The van der Waals surface area contributed by atoms with E-state index in [9.17, 15) is 14.3 Å². The van der Waals surface area contributed by atoms with Gasteiger partial charge < -0.3 is 10.1 Å². The summed E-state index contributed by atoms with van der Waals surface area (Å²) in [6.07, 6.45) is 0.251. The minimum atomic E-state index is -0.448. The van der Waals surface area contributed by atoms with Crippen LogP contribution in [0.5, 0.6) is 0 Å². The highest BCUT2D eigenvalue weighted by atomic mass is 19.1. The van der Waals surface area contributed by atoms with E-state index >= 15 is 0 Å².